The van der Waals surface area contributed by atoms with E-state index in [0.717, 1.165) is 80.2 Å². The second-order valence-corrected chi connectivity index (χ2v) is 16.3. The monoisotopic (exact) mass is 782 g/mol. The average molecular weight is 783 g/mol. The first-order chi connectivity index (χ1) is 19.0. The van der Waals surface area contributed by atoms with Gasteiger partial charge in [0, 0.05) is 0 Å². The Morgan fingerprint density at radius 2 is 0.725 bits per heavy atom. The molecule has 0 spiro atoms. The van der Waals surface area contributed by atoms with E-state index in [4.69, 9.17) is 9.47 Å². The molecule has 0 unspecified atom stereocenters. The molecule has 0 atom stereocenters. The van der Waals surface area contributed by atoms with Gasteiger partial charge in [0.1, 0.15) is 11.5 Å². The van der Waals surface area contributed by atoms with Gasteiger partial charge in [0.15, 0.2) is 0 Å². The van der Waals surface area contributed by atoms with E-state index in [0.29, 0.717) is 0 Å². The van der Waals surface area contributed by atoms with Gasteiger partial charge in [0.2, 0.25) is 0 Å². The summed E-state index contributed by atoms with van der Waals surface area (Å²) in [5, 5.41) is 0. The van der Waals surface area contributed by atoms with Crippen LogP contribution in [0.15, 0.2) is 12.1 Å². The van der Waals surface area contributed by atoms with Crippen LogP contribution in [-0.4, -0.2) is 13.2 Å². The topological polar surface area (TPSA) is 18.5 Å². The van der Waals surface area contributed by atoms with Gasteiger partial charge < -0.3 is 9.47 Å². The highest BCUT2D eigenvalue weighted by molar-refractivity contribution is 14.1. The predicted octanol–water partition coefficient (Wildman–Crippen LogP) is 13.0. The van der Waals surface area contributed by atoms with Crippen LogP contribution in [0.2, 0.25) is 0 Å². The molecule has 4 heteroatoms. The van der Waals surface area contributed by atoms with Crippen LogP contribution in [-0.2, 0) is 0 Å². The fourth-order valence-electron chi connectivity index (χ4n) is 5.53. The van der Waals surface area contributed by atoms with Gasteiger partial charge in [-0.05, 0) is 106 Å². The molecule has 0 fully saturated rings. The summed E-state index contributed by atoms with van der Waals surface area (Å²) in [6, 6.07) is 4.37. The average Bonchev–Trinajstić information content (AvgIpc) is 2.85. The SMILES string of the molecule is CC(C)CCCC(CCCC(C)C)CCOc1cc(I)c(OCCC(CCCC(C)C)CCCC(C)C)cc1I. The van der Waals surface area contributed by atoms with Crippen molar-refractivity contribution in [3.05, 3.63) is 19.3 Å². The summed E-state index contributed by atoms with van der Waals surface area (Å²) in [5.74, 6) is 6.81. The molecule has 1 aromatic rings. The Balaban J connectivity index is 2.61. The summed E-state index contributed by atoms with van der Waals surface area (Å²) >= 11 is 4.85. The van der Waals surface area contributed by atoms with Crippen molar-refractivity contribution in [3.8, 4) is 11.5 Å². The maximum absolute atomic E-state index is 6.36. The molecule has 0 saturated heterocycles. The van der Waals surface area contributed by atoms with Gasteiger partial charge >= 0.3 is 0 Å². The second kappa shape index (κ2) is 22.8. The minimum atomic E-state index is 0.783. The lowest BCUT2D eigenvalue weighted by atomic mass is 9.90. The first-order valence-electron chi connectivity index (χ1n) is 16.7. The van der Waals surface area contributed by atoms with Crippen molar-refractivity contribution < 1.29 is 9.47 Å². The Morgan fingerprint density at radius 3 is 0.975 bits per heavy atom. The third kappa shape index (κ3) is 19.5. The Kier molecular flexibility index (Phi) is 21.8. The minimum Gasteiger partial charge on any atom is -0.492 e. The zero-order chi connectivity index (χ0) is 29.9. The maximum Gasteiger partial charge on any atom is 0.133 e. The van der Waals surface area contributed by atoms with Gasteiger partial charge in [-0.2, -0.15) is 0 Å². The summed E-state index contributed by atoms with van der Waals surface area (Å²) in [4.78, 5) is 0. The van der Waals surface area contributed by atoms with Crippen molar-refractivity contribution in [1.82, 2.24) is 0 Å². The van der Waals surface area contributed by atoms with Gasteiger partial charge in [-0.1, -0.05) is 132 Å². The van der Waals surface area contributed by atoms with E-state index in [9.17, 15) is 0 Å². The fraction of sp³-hybridized carbons (Fsp3) is 0.833. The maximum atomic E-state index is 6.36. The van der Waals surface area contributed by atoms with Gasteiger partial charge in [0.05, 0.1) is 20.4 Å². The molecule has 1 rings (SSSR count). The molecule has 0 bridgehead atoms. The van der Waals surface area contributed by atoms with Gasteiger partial charge in [0.25, 0.3) is 0 Å². The second-order valence-electron chi connectivity index (χ2n) is 14.0. The standard InChI is InChI=1S/C36H64I2O2/c1-27(2)13-9-17-31(18-10-14-28(3)4)21-23-39-35-25-34(38)36(26-33(35)37)40-24-22-32(19-11-15-29(5)6)20-12-16-30(7)8/h25-32H,9-24H2,1-8H3. The Bertz CT molecular complexity index is 668. The molecular weight excluding hydrogens is 718 g/mol. The fourth-order valence-corrected chi connectivity index (χ4v) is 6.72. The molecule has 40 heavy (non-hydrogen) atoms. The van der Waals surface area contributed by atoms with E-state index < -0.39 is 0 Å². The van der Waals surface area contributed by atoms with Crippen LogP contribution in [0.5, 0.6) is 11.5 Å². The van der Waals surface area contributed by atoms with E-state index in [2.05, 4.69) is 113 Å². The van der Waals surface area contributed by atoms with Crippen molar-refractivity contribution in [2.24, 2.45) is 35.5 Å². The highest BCUT2D eigenvalue weighted by atomic mass is 127. The number of rotatable bonds is 24. The highest BCUT2D eigenvalue weighted by Crippen LogP contribution is 2.33. The van der Waals surface area contributed by atoms with E-state index in [1.165, 1.54) is 77.0 Å². The minimum absolute atomic E-state index is 0.783. The van der Waals surface area contributed by atoms with E-state index in [1.807, 2.05) is 0 Å². The molecule has 0 N–H and O–H groups in total. The molecule has 0 aromatic heterocycles. The number of ether oxygens (including phenoxy) is 2. The molecule has 0 aliphatic rings. The lowest BCUT2D eigenvalue weighted by Gasteiger charge is -2.20. The lowest BCUT2D eigenvalue weighted by Crippen LogP contribution is -2.10. The van der Waals surface area contributed by atoms with Gasteiger partial charge in [-0.25, -0.2) is 0 Å². The first kappa shape index (κ1) is 38.3. The first-order valence-corrected chi connectivity index (χ1v) is 18.9. The number of hydrogen-bond donors (Lipinski definition) is 0. The number of halogens is 2. The highest BCUT2D eigenvalue weighted by Gasteiger charge is 2.15. The Hall–Kier alpha value is 0.280. The van der Waals surface area contributed by atoms with Crippen molar-refractivity contribution in [2.75, 3.05) is 13.2 Å². The summed E-state index contributed by atoms with van der Waals surface area (Å²) in [6.45, 7) is 20.4. The van der Waals surface area contributed by atoms with Gasteiger partial charge in [-0.3, -0.25) is 0 Å². The van der Waals surface area contributed by atoms with Crippen LogP contribution in [0, 0.1) is 42.6 Å². The Morgan fingerprint density at radius 1 is 0.450 bits per heavy atom. The molecule has 234 valence electrons. The summed E-state index contributed by atoms with van der Waals surface area (Å²) in [5.41, 5.74) is 0. The third-order valence-corrected chi connectivity index (χ3v) is 9.82. The van der Waals surface area contributed by atoms with Crippen LogP contribution in [0.3, 0.4) is 0 Å². The molecule has 0 heterocycles. The van der Waals surface area contributed by atoms with E-state index in [1.54, 1.807) is 0 Å². The summed E-state index contributed by atoms with van der Waals surface area (Å²) < 4.78 is 15.0. The molecule has 0 radical (unpaired) electrons. The number of benzene rings is 1. The smallest absolute Gasteiger partial charge is 0.133 e. The summed E-state index contributed by atoms with van der Waals surface area (Å²) in [7, 11) is 0. The van der Waals surface area contributed by atoms with Crippen molar-refractivity contribution in [2.45, 2.75) is 145 Å². The molecule has 0 amide bonds. The molecule has 0 aliphatic heterocycles. The van der Waals surface area contributed by atoms with Crippen LogP contribution in [0.4, 0.5) is 0 Å². The largest absolute Gasteiger partial charge is 0.492 e. The van der Waals surface area contributed by atoms with Crippen molar-refractivity contribution in [3.63, 3.8) is 0 Å². The predicted molar refractivity (Wildman–Crippen MR) is 194 cm³/mol. The van der Waals surface area contributed by atoms with Crippen LogP contribution in [0.25, 0.3) is 0 Å². The summed E-state index contributed by atoms with van der Waals surface area (Å²) in [6.07, 6.45) is 18.5. The quantitative estimate of drug-likeness (QED) is 0.0973. The van der Waals surface area contributed by atoms with Crippen molar-refractivity contribution in [1.29, 1.82) is 0 Å². The van der Waals surface area contributed by atoms with Crippen LogP contribution < -0.4 is 9.47 Å². The molecule has 1 aromatic carbocycles. The van der Waals surface area contributed by atoms with E-state index >= 15 is 0 Å². The normalized spacial score (nSPS) is 12.2. The molecular formula is C36H64I2O2. The zero-order valence-electron chi connectivity index (χ0n) is 27.5. The number of hydrogen-bond acceptors (Lipinski definition) is 2. The lowest BCUT2D eigenvalue weighted by molar-refractivity contribution is 0.249. The van der Waals surface area contributed by atoms with Crippen LogP contribution >= 0.6 is 45.2 Å². The zero-order valence-corrected chi connectivity index (χ0v) is 31.8. The molecule has 0 aliphatic carbocycles. The molecule has 0 saturated carbocycles. The van der Waals surface area contributed by atoms with Gasteiger partial charge in [-0.15, -0.1) is 0 Å². The molecule has 2 nitrogen and oxygen atoms in total. The third-order valence-electron chi connectivity index (χ3n) is 8.13. The van der Waals surface area contributed by atoms with E-state index in [-0.39, 0.29) is 0 Å². The van der Waals surface area contributed by atoms with Crippen molar-refractivity contribution >= 4 is 45.2 Å². The Labute approximate surface area is 277 Å². The van der Waals surface area contributed by atoms with Crippen LogP contribution in [0.1, 0.15) is 145 Å².